The smallest absolute Gasteiger partial charge is 0.129 e. The fraction of sp³-hybridized carbons (Fsp3) is 0.267. The van der Waals surface area contributed by atoms with Gasteiger partial charge in [0.15, 0.2) is 0 Å². The number of aromatic nitrogens is 1. The van der Waals surface area contributed by atoms with E-state index in [-0.39, 0.29) is 0 Å². The van der Waals surface area contributed by atoms with Crippen LogP contribution in [-0.2, 0) is 6.54 Å². The van der Waals surface area contributed by atoms with Crippen LogP contribution in [0.3, 0.4) is 0 Å². The van der Waals surface area contributed by atoms with Crippen LogP contribution in [0.15, 0.2) is 48.7 Å². The molecule has 0 spiro atoms. The molecule has 0 atom stereocenters. The topological polar surface area (TPSA) is 42.1 Å². The third-order valence-electron chi connectivity index (χ3n) is 3.25. The van der Waals surface area contributed by atoms with Crippen molar-refractivity contribution in [1.82, 2.24) is 4.98 Å². The molecule has 1 aromatic heterocycles. The van der Waals surface area contributed by atoms with Crippen molar-refractivity contribution in [3.63, 3.8) is 0 Å². The van der Waals surface area contributed by atoms with Crippen LogP contribution in [0.5, 0.6) is 0 Å². The Morgan fingerprint density at radius 3 is 2.50 bits per heavy atom. The van der Waals surface area contributed by atoms with E-state index in [1.807, 2.05) is 18.2 Å². The standard InChI is InChI=1S/C15H17N3/c16-13-6-9-15(17-10-13)18(14-7-8-14)11-12-4-2-1-3-5-12/h1-6,9-10,14H,7-8,11,16H2. The molecule has 0 aliphatic heterocycles. The molecule has 1 fully saturated rings. The van der Waals surface area contributed by atoms with Gasteiger partial charge in [-0.25, -0.2) is 4.98 Å². The Hall–Kier alpha value is -2.03. The van der Waals surface area contributed by atoms with Crippen molar-refractivity contribution >= 4 is 11.5 Å². The van der Waals surface area contributed by atoms with E-state index in [4.69, 9.17) is 5.73 Å². The normalized spacial score (nSPS) is 14.4. The number of anilines is 2. The van der Waals surface area contributed by atoms with Gasteiger partial charge in [-0.2, -0.15) is 0 Å². The van der Waals surface area contributed by atoms with Gasteiger partial charge in [0.05, 0.1) is 11.9 Å². The molecule has 2 N–H and O–H groups in total. The first-order valence-corrected chi connectivity index (χ1v) is 6.35. The summed E-state index contributed by atoms with van der Waals surface area (Å²) in [5.74, 6) is 1.02. The van der Waals surface area contributed by atoms with Crippen molar-refractivity contribution in [3.05, 3.63) is 54.2 Å². The molecule has 3 nitrogen and oxygen atoms in total. The predicted octanol–water partition coefficient (Wildman–Crippen LogP) is 2.83. The zero-order chi connectivity index (χ0) is 12.4. The second-order valence-corrected chi connectivity index (χ2v) is 4.79. The van der Waals surface area contributed by atoms with Crippen LogP contribution in [0.1, 0.15) is 18.4 Å². The SMILES string of the molecule is Nc1ccc(N(Cc2ccccc2)C2CC2)nc1. The van der Waals surface area contributed by atoms with Crippen LogP contribution in [0.2, 0.25) is 0 Å². The molecule has 0 amide bonds. The van der Waals surface area contributed by atoms with Crippen LogP contribution in [0.4, 0.5) is 11.5 Å². The van der Waals surface area contributed by atoms with Crippen molar-refractivity contribution in [2.45, 2.75) is 25.4 Å². The quantitative estimate of drug-likeness (QED) is 0.892. The lowest BCUT2D eigenvalue weighted by Crippen LogP contribution is -2.25. The van der Waals surface area contributed by atoms with Crippen LogP contribution >= 0.6 is 0 Å². The highest BCUT2D eigenvalue weighted by Crippen LogP contribution is 2.32. The number of nitrogens with zero attached hydrogens (tertiary/aromatic N) is 2. The molecular weight excluding hydrogens is 222 g/mol. The van der Waals surface area contributed by atoms with Crippen molar-refractivity contribution in [3.8, 4) is 0 Å². The molecule has 3 rings (SSSR count). The molecule has 2 aromatic rings. The Bertz CT molecular complexity index is 503. The first-order chi connectivity index (χ1) is 8.83. The third-order valence-corrected chi connectivity index (χ3v) is 3.25. The highest BCUT2D eigenvalue weighted by atomic mass is 15.2. The van der Waals surface area contributed by atoms with E-state index < -0.39 is 0 Å². The Kier molecular flexibility index (Phi) is 2.89. The molecule has 0 saturated heterocycles. The van der Waals surface area contributed by atoms with E-state index in [2.05, 4.69) is 34.1 Å². The summed E-state index contributed by atoms with van der Waals surface area (Å²) in [7, 11) is 0. The summed E-state index contributed by atoms with van der Waals surface area (Å²) in [6.45, 7) is 0.919. The number of benzene rings is 1. The summed E-state index contributed by atoms with van der Waals surface area (Å²) in [5.41, 5.74) is 7.73. The number of hydrogen-bond donors (Lipinski definition) is 1. The highest BCUT2D eigenvalue weighted by Gasteiger charge is 2.29. The third kappa shape index (κ3) is 2.45. The van der Waals surface area contributed by atoms with Crippen molar-refractivity contribution in [2.75, 3.05) is 10.6 Å². The van der Waals surface area contributed by atoms with Crippen molar-refractivity contribution in [2.24, 2.45) is 0 Å². The summed E-state index contributed by atoms with van der Waals surface area (Å²) in [4.78, 5) is 6.81. The maximum atomic E-state index is 5.69. The number of nitrogens with two attached hydrogens (primary N) is 1. The lowest BCUT2D eigenvalue weighted by atomic mass is 10.2. The minimum Gasteiger partial charge on any atom is -0.397 e. The first kappa shape index (κ1) is 11.1. The maximum Gasteiger partial charge on any atom is 0.129 e. The van der Waals surface area contributed by atoms with Gasteiger partial charge in [-0.3, -0.25) is 0 Å². The second-order valence-electron chi connectivity index (χ2n) is 4.79. The van der Waals surface area contributed by atoms with Gasteiger partial charge in [-0.05, 0) is 30.5 Å². The van der Waals surface area contributed by atoms with Gasteiger partial charge in [0.1, 0.15) is 5.82 Å². The fourth-order valence-corrected chi connectivity index (χ4v) is 2.13. The fourth-order valence-electron chi connectivity index (χ4n) is 2.13. The molecule has 1 aliphatic rings. The van der Waals surface area contributed by atoms with Crippen LogP contribution < -0.4 is 10.6 Å². The van der Waals surface area contributed by atoms with Crippen LogP contribution in [0.25, 0.3) is 0 Å². The summed E-state index contributed by atoms with van der Waals surface area (Å²) >= 11 is 0. The van der Waals surface area contributed by atoms with E-state index in [1.165, 1.54) is 18.4 Å². The first-order valence-electron chi connectivity index (χ1n) is 6.35. The van der Waals surface area contributed by atoms with Gasteiger partial charge < -0.3 is 10.6 Å². The van der Waals surface area contributed by atoms with Gasteiger partial charge in [0.2, 0.25) is 0 Å². The lowest BCUT2D eigenvalue weighted by molar-refractivity contribution is 0.778. The minimum absolute atomic E-state index is 0.640. The number of rotatable bonds is 4. The number of hydrogen-bond acceptors (Lipinski definition) is 3. The van der Waals surface area contributed by atoms with E-state index in [1.54, 1.807) is 6.20 Å². The Labute approximate surface area is 107 Å². The minimum atomic E-state index is 0.640. The summed E-state index contributed by atoms with van der Waals surface area (Å²) in [5, 5.41) is 0. The van der Waals surface area contributed by atoms with Crippen LogP contribution in [0, 0.1) is 0 Å². The van der Waals surface area contributed by atoms with Gasteiger partial charge in [0, 0.05) is 12.6 Å². The number of pyridine rings is 1. The zero-order valence-corrected chi connectivity index (χ0v) is 10.3. The monoisotopic (exact) mass is 239 g/mol. The largest absolute Gasteiger partial charge is 0.397 e. The molecule has 0 unspecified atom stereocenters. The van der Waals surface area contributed by atoms with E-state index in [0.717, 1.165) is 12.4 Å². The highest BCUT2D eigenvalue weighted by molar-refractivity contribution is 5.48. The van der Waals surface area contributed by atoms with Crippen molar-refractivity contribution < 1.29 is 0 Å². The molecule has 1 aromatic carbocycles. The lowest BCUT2D eigenvalue weighted by Gasteiger charge is -2.23. The molecule has 3 heteroatoms. The van der Waals surface area contributed by atoms with E-state index in [9.17, 15) is 0 Å². The van der Waals surface area contributed by atoms with Crippen LogP contribution in [-0.4, -0.2) is 11.0 Å². The van der Waals surface area contributed by atoms with Gasteiger partial charge >= 0.3 is 0 Å². The van der Waals surface area contributed by atoms with Gasteiger partial charge in [-0.1, -0.05) is 30.3 Å². The molecule has 92 valence electrons. The molecule has 1 heterocycles. The molecule has 18 heavy (non-hydrogen) atoms. The second kappa shape index (κ2) is 4.69. The van der Waals surface area contributed by atoms with Crippen molar-refractivity contribution in [1.29, 1.82) is 0 Å². The maximum absolute atomic E-state index is 5.69. The zero-order valence-electron chi connectivity index (χ0n) is 10.3. The van der Waals surface area contributed by atoms with E-state index in [0.29, 0.717) is 11.7 Å². The molecule has 0 radical (unpaired) electrons. The summed E-state index contributed by atoms with van der Waals surface area (Å²) < 4.78 is 0. The van der Waals surface area contributed by atoms with E-state index >= 15 is 0 Å². The van der Waals surface area contributed by atoms with Gasteiger partial charge in [0.25, 0.3) is 0 Å². The molecule has 0 bridgehead atoms. The Morgan fingerprint density at radius 1 is 1.11 bits per heavy atom. The Morgan fingerprint density at radius 2 is 1.89 bits per heavy atom. The average molecular weight is 239 g/mol. The molecule has 1 saturated carbocycles. The summed E-state index contributed by atoms with van der Waals surface area (Å²) in [6, 6.07) is 15.1. The predicted molar refractivity (Wildman–Crippen MR) is 74.3 cm³/mol. The molecular formula is C15H17N3. The Balaban J connectivity index is 1.82. The average Bonchev–Trinajstić information content (AvgIpc) is 3.23. The summed E-state index contributed by atoms with van der Waals surface area (Å²) in [6.07, 6.45) is 4.26. The van der Waals surface area contributed by atoms with Gasteiger partial charge in [-0.15, -0.1) is 0 Å². The number of nitrogen functional groups attached to an aromatic ring is 1. The molecule has 1 aliphatic carbocycles.